The number of hydrogen-bond acceptors (Lipinski definition) is 5. The molecule has 9 heteroatoms. The van der Waals surface area contributed by atoms with E-state index < -0.39 is 11.2 Å². The first-order chi connectivity index (χ1) is 12.5. The number of aromatic amines is 1. The highest BCUT2D eigenvalue weighted by Crippen LogP contribution is 2.18. The van der Waals surface area contributed by atoms with E-state index in [2.05, 4.69) is 10.3 Å². The van der Waals surface area contributed by atoms with E-state index in [4.69, 9.17) is 22.7 Å². The lowest BCUT2D eigenvalue weighted by Gasteiger charge is -2.26. The van der Waals surface area contributed by atoms with E-state index in [0.717, 1.165) is 5.56 Å². The zero-order chi connectivity index (χ0) is 19.1. The van der Waals surface area contributed by atoms with E-state index >= 15 is 0 Å². The van der Waals surface area contributed by atoms with Crippen LogP contribution in [-0.4, -0.2) is 42.0 Å². The molecule has 8 nitrogen and oxygen atoms in total. The van der Waals surface area contributed by atoms with Crippen molar-refractivity contribution in [1.29, 1.82) is 0 Å². The molecule has 2 aromatic rings. The van der Waals surface area contributed by atoms with Crippen LogP contribution in [0.3, 0.4) is 0 Å². The molecule has 0 radical (unpaired) electrons. The number of nitrogen functional groups attached to an aromatic ring is 1. The van der Waals surface area contributed by atoms with E-state index in [1.54, 1.807) is 19.1 Å². The smallest absolute Gasteiger partial charge is 0.330 e. The number of methoxy groups -OCH3 is 1. The Morgan fingerprint density at radius 3 is 2.65 bits per heavy atom. The van der Waals surface area contributed by atoms with Gasteiger partial charge < -0.3 is 20.7 Å². The van der Waals surface area contributed by atoms with Crippen molar-refractivity contribution in [3.8, 4) is 0 Å². The highest BCUT2D eigenvalue weighted by atomic mass is 32.1. The second-order valence-electron chi connectivity index (χ2n) is 5.62. The molecule has 0 saturated heterocycles. The molecule has 0 amide bonds. The second kappa shape index (κ2) is 9.16. The van der Waals surface area contributed by atoms with Crippen LogP contribution in [0.5, 0.6) is 0 Å². The minimum absolute atomic E-state index is 0.0672. The summed E-state index contributed by atoms with van der Waals surface area (Å²) in [6, 6.07) is 9.39. The van der Waals surface area contributed by atoms with Gasteiger partial charge in [0, 0.05) is 27.3 Å². The summed E-state index contributed by atoms with van der Waals surface area (Å²) < 4.78 is 6.39. The highest BCUT2D eigenvalue weighted by molar-refractivity contribution is 7.80. The SMILES string of the molecule is CNC(=S)N(CCCOC)c1c(N)n(Cc2ccccc2)c(=O)[nH]c1=O. The zero-order valence-electron chi connectivity index (χ0n) is 14.8. The molecule has 0 unspecified atom stereocenters. The van der Waals surface area contributed by atoms with Crippen molar-refractivity contribution in [3.63, 3.8) is 0 Å². The van der Waals surface area contributed by atoms with E-state index in [-0.39, 0.29) is 18.1 Å². The molecule has 2 rings (SSSR count). The minimum atomic E-state index is -0.577. The number of ether oxygens (including phenoxy) is 1. The van der Waals surface area contributed by atoms with Crippen LogP contribution < -0.4 is 27.2 Å². The number of nitrogens with zero attached hydrogens (tertiary/aromatic N) is 2. The first-order valence-corrected chi connectivity index (χ1v) is 8.55. The molecule has 1 aromatic heterocycles. The molecular weight excluding hydrogens is 354 g/mol. The summed E-state index contributed by atoms with van der Waals surface area (Å²) in [6.45, 7) is 1.17. The van der Waals surface area contributed by atoms with Gasteiger partial charge in [0.2, 0.25) is 0 Å². The van der Waals surface area contributed by atoms with Crippen LogP contribution in [0.15, 0.2) is 39.9 Å². The van der Waals surface area contributed by atoms with Crippen LogP contribution in [0.4, 0.5) is 11.5 Å². The predicted molar refractivity (Wildman–Crippen MR) is 107 cm³/mol. The second-order valence-corrected chi connectivity index (χ2v) is 6.00. The summed E-state index contributed by atoms with van der Waals surface area (Å²) >= 11 is 5.31. The van der Waals surface area contributed by atoms with Crippen molar-refractivity contribution in [1.82, 2.24) is 14.9 Å². The Labute approximate surface area is 156 Å². The molecule has 0 saturated carbocycles. The van der Waals surface area contributed by atoms with E-state index in [0.29, 0.717) is 24.7 Å². The number of anilines is 2. The topological polar surface area (TPSA) is 105 Å². The van der Waals surface area contributed by atoms with Crippen molar-refractivity contribution in [2.75, 3.05) is 37.9 Å². The van der Waals surface area contributed by atoms with Crippen LogP contribution in [0, 0.1) is 0 Å². The third kappa shape index (κ3) is 4.50. The van der Waals surface area contributed by atoms with Crippen molar-refractivity contribution < 1.29 is 4.74 Å². The molecule has 0 spiro atoms. The Morgan fingerprint density at radius 2 is 2.04 bits per heavy atom. The van der Waals surface area contributed by atoms with Gasteiger partial charge in [-0.05, 0) is 24.2 Å². The van der Waals surface area contributed by atoms with Crippen LogP contribution in [-0.2, 0) is 11.3 Å². The fraction of sp³-hybridized carbons (Fsp3) is 0.353. The number of hydrogen-bond donors (Lipinski definition) is 3. The van der Waals surface area contributed by atoms with E-state index in [1.807, 2.05) is 30.3 Å². The molecule has 0 bridgehead atoms. The number of benzene rings is 1. The zero-order valence-corrected chi connectivity index (χ0v) is 15.6. The van der Waals surface area contributed by atoms with Crippen molar-refractivity contribution in [2.24, 2.45) is 0 Å². The lowest BCUT2D eigenvalue weighted by Crippen LogP contribution is -2.45. The lowest BCUT2D eigenvalue weighted by atomic mass is 10.2. The monoisotopic (exact) mass is 377 g/mol. The fourth-order valence-corrected chi connectivity index (χ4v) is 2.76. The summed E-state index contributed by atoms with van der Waals surface area (Å²) in [4.78, 5) is 28.6. The van der Waals surface area contributed by atoms with Gasteiger partial charge in [-0.3, -0.25) is 14.3 Å². The molecule has 0 aliphatic heterocycles. The molecule has 0 atom stereocenters. The van der Waals surface area contributed by atoms with Gasteiger partial charge in [0.05, 0.1) is 6.54 Å². The van der Waals surface area contributed by atoms with Gasteiger partial charge in [-0.25, -0.2) is 4.79 Å². The highest BCUT2D eigenvalue weighted by Gasteiger charge is 2.21. The van der Waals surface area contributed by atoms with Gasteiger partial charge in [-0.1, -0.05) is 30.3 Å². The summed E-state index contributed by atoms with van der Waals surface area (Å²) in [6.07, 6.45) is 0.634. The Kier molecular flexibility index (Phi) is 6.93. The molecule has 0 aliphatic carbocycles. The van der Waals surface area contributed by atoms with Gasteiger partial charge >= 0.3 is 5.69 Å². The maximum Gasteiger partial charge on any atom is 0.330 e. The average Bonchev–Trinajstić information content (AvgIpc) is 2.64. The lowest BCUT2D eigenvalue weighted by molar-refractivity contribution is 0.197. The largest absolute Gasteiger partial charge is 0.385 e. The number of H-pyrrole nitrogens is 1. The first-order valence-electron chi connectivity index (χ1n) is 8.14. The Bertz CT molecular complexity index is 863. The quantitative estimate of drug-likeness (QED) is 0.477. The number of nitrogens with two attached hydrogens (primary N) is 1. The van der Waals surface area contributed by atoms with Gasteiger partial charge in [-0.15, -0.1) is 0 Å². The van der Waals surface area contributed by atoms with Crippen LogP contribution >= 0.6 is 12.2 Å². The molecule has 1 heterocycles. The number of nitrogens with one attached hydrogen (secondary N) is 2. The molecule has 1 aromatic carbocycles. The molecule has 0 aliphatic rings. The van der Waals surface area contributed by atoms with Crippen molar-refractivity contribution >= 4 is 28.8 Å². The third-order valence-electron chi connectivity index (χ3n) is 3.86. The molecule has 0 fully saturated rings. The Balaban J connectivity index is 2.49. The Morgan fingerprint density at radius 1 is 1.35 bits per heavy atom. The molecule has 140 valence electrons. The van der Waals surface area contributed by atoms with E-state index in [1.165, 1.54) is 4.57 Å². The molecule has 26 heavy (non-hydrogen) atoms. The maximum absolute atomic E-state index is 12.5. The summed E-state index contributed by atoms with van der Waals surface area (Å²) in [7, 11) is 3.26. The number of thiocarbonyl (C=S) groups is 1. The normalized spacial score (nSPS) is 10.5. The predicted octanol–water partition coefficient (Wildman–Crippen LogP) is 0.514. The summed E-state index contributed by atoms with van der Waals surface area (Å²) in [5.41, 5.74) is 6.11. The summed E-state index contributed by atoms with van der Waals surface area (Å²) in [5, 5.41) is 3.19. The average molecular weight is 377 g/mol. The first kappa shape index (κ1) is 19.7. The maximum atomic E-state index is 12.5. The van der Waals surface area contributed by atoms with Crippen LogP contribution in [0.25, 0.3) is 0 Å². The third-order valence-corrected chi connectivity index (χ3v) is 4.28. The standard InChI is InChI=1S/C17H23N5O3S/c1-19-17(26)21(9-6-10-25-2)13-14(18)22(16(24)20-15(13)23)11-12-7-4-3-5-8-12/h3-5,7-8H,6,9-11,18H2,1-2H3,(H,19,26)(H,20,23,24). The Hall–Kier alpha value is -2.65. The fourth-order valence-electron chi connectivity index (χ4n) is 2.58. The molecule has 4 N–H and O–H groups in total. The summed E-state index contributed by atoms with van der Waals surface area (Å²) in [5.74, 6) is 0.0672. The van der Waals surface area contributed by atoms with Gasteiger partial charge in [0.25, 0.3) is 5.56 Å². The van der Waals surface area contributed by atoms with Gasteiger partial charge in [0.1, 0.15) is 5.82 Å². The van der Waals surface area contributed by atoms with Gasteiger partial charge in [-0.2, -0.15) is 0 Å². The van der Waals surface area contributed by atoms with Gasteiger partial charge in [0.15, 0.2) is 10.8 Å². The van der Waals surface area contributed by atoms with Crippen molar-refractivity contribution in [3.05, 3.63) is 56.7 Å². The molecular formula is C17H23N5O3S. The van der Waals surface area contributed by atoms with E-state index in [9.17, 15) is 9.59 Å². The minimum Gasteiger partial charge on any atom is -0.385 e. The van der Waals surface area contributed by atoms with Crippen LogP contribution in [0.1, 0.15) is 12.0 Å². The van der Waals surface area contributed by atoms with Crippen molar-refractivity contribution in [2.45, 2.75) is 13.0 Å². The number of rotatable bonds is 7. The van der Waals surface area contributed by atoms with Crippen LogP contribution in [0.2, 0.25) is 0 Å². The number of aromatic nitrogens is 2.